The summed E-state index contributed by atoms with van der Waals surface area (Å²) in [5.41, 5.74) is 2.16. The molecule has 1 atom stereocenters. The lowest BCUT2D eigenvalue weighted by atomic mass is 10.1. The molecule has 1 fully saturated rings. The zero-order valence-electron chi connectivity index (χ0n) is 21.1. The number of nitrogens with one attached hydrogen (secondary N) is 1. The maximum atomic E-state index is 13.7. The van der Waals surface area contributed by atoms with Gasteiger partial charge in [0.05, 0.1) is 43.1 Å². The summed E-state index contributed by atoms with van der Waals surface area (Å²) in [5.74, 6) is -0.503. The highest BCUT2D eigenvalue weighted by atomic mass is 32.1. The van der Waals surface area contributed by atoms with Crippen LogP contribution in [0, 0.1) is 0 Å². The molecule has 4 rings (SSSR count). The van der Waals surface area contributed by atoms with E-state index in [-0.39, 0.29) is 36.5 Å². The number of esters is 1. The van der Waals surface area contributed by atoms with Gasteiger partial charge in [-0.05, 0) is 74.6 Å². The van der Waals surface area contributed by atoms with Gasteiger partial charge in [-0.15, -0.1) is 0 Å². The fraction of sp³-hybridized carbons (Fsp3) is 0.250. The smallest absolute Gasteiger partial charge is 0.338 e. The van der Waals surface area contributed by atoms with Crippen LogP contribution in [0.15, 0.2) is 72.9 Å². The summed E-state index contributed by atoms with van der Waals surface area (Å²) in [7, 11) is 0. The second-order valence-corrected chi connectivity index (χ2v) is 8.77. The minimum atomic E-state index is -0.834. The van der Waals surface area contributed by atoms with Gasteiger partial charge in [-0.1, -0.05) is 12.1 Å². The number of hydrogen-bond acceptors (Lipinski definition) is 7. The standard InChI is InChI=1S/C28H28N4O5S/c1-3-36-23-10-7-9-22(16-23)32-26(34)24(31(28(32)38)18-21-8-5-6-15-29-21)17-25(33)30-20-13-11-19(12-14-20)27(35)37-4-2/h5-16,24H,3-4,17-18H2,1-2H3,(H,30,33). The lowest BCUT2D eigenvalue weighted by molar-refractivity contribution is -0.124. The molecule has 2 aromatic carbocycles. The molecule has 1 aliphatic heterocycles. The van der Waals surface area contributed by atoms with Gasteiger partial charge in [-0.2, -0.15) is 0 Å². The van der Waals surface area contributed by atoms with Crippen LogP contribution >= 0.6 is 12.2 Å². The van der Waals surface area contributed by atoms with Gasteiger partial charge in [0.2, 0.25) is 5.91 Å². The largest absolute Gasteiger partial charge is 0.494 e. The van der Waals surface area contributed by atoms with Crippen LogP contribution in [0.25, 0.3) is 0 Å². The number of amides is 2. The Balaban J connectivity index is 1.55. The van der Waals surface area contributed by atoms with Crippen molar-refractivity contribution in [2.45, 2.75) is 32.9 Å². The van der Waals surface area contributed by atoms with Crippen LogP contribution in [0.5, 0.6) is 5.75 Å². The van der Waals surface area contributed by atoms with Gasteiger partial charge < -0.3 is 19.7 Å². The number of rotatable bonds is 10. The molecule has 2 amide bonds. The second kappa shape index (κ2) is 12.3. The second-order valence-electron chi connectivity index (χ2n) is 8.40. The normalized spacial score (nSPS) is 14.9. The fourth-order valence-corrected chi connectivity index (χ4v) is 4.48. The molecular formula is C28H28N4O5S. The molecule has 0 bridgehead atoms. The first kappa shape index (κ1) is 26.7. The van der Waals surface area contributed by atoms with Crippen LogP contribution in [-0.2, 0) is 20.9 Å². The van der Waals surface area contributed by atoms with Crippen LogP contribution in [0.3, 0.4) is 0 Å². The number of hydrogen-bond donors (Lipinski definition) is 1. The van der Waals surface area contributed by atoms with Gasteiger partial charge in [0.15, 0.2) is 5.11 Å². The van der Waals surface area contributed by atoms with Gasteiger partial charge in [0.1, 0.15) is 11.8 Å². The molecule has 3 aromatic rings. The van der Waals surface area contributed by atoms with Crippen molar-refractivity contribution in [2.24, 2.45) is 0 Å². The average Bonchev–Trinajstić information content (AvgIpc) is 3.14. The minimum absolute atomic E-state index is 0.132. The Hall–Kier alpha value is -4.31. The molecule has 0 aliphatic carbocycles. The van der Waals surface area contributed by atoms with Crippen molar-refractivity contribution in [3.8, 4) is 5.75 Å². The Morgan fingerprint density at radius 3 is 2.50 bits per heavy atom. The molecule has 1 aromatic heterocycles. The first-order chi connectivity index (χ1) is 18.4. The number of nitrogens with zero attached hydrogens (tertiary/aromatic N) is 3. The molecule has 9 nitrogen and oxygen atoms in total. The Kier molecular flexibility index (Phi) is 8.65. The van der Waals surface area contributed by atoms with Crippen molar-refractivity contribution < 1.29 is 23.9 Å². The summed E-state index contributed by atoms with van der Waals surface area (Å²) >= 11 is 5.73. The third-order valence-electron chi connectivity index (χ3n) is 5.82. The zero-order valence-corrected chi connectivity index (χ0v) is 21.9. The molecule has 196 valence electrons. The Morgan fingerprint density at radius 1 is 1.03 bits per heavy atom. The van der Waals surface area contributed by atoms with Crippen LogP contribution < -0.4 is 15.0 Å². The van der Waals surface area contributed by atoms with E-state index < -0.39 is 12.0 Å². The van der Waals surface area contributed by atoms with E-state index in [0.717, 1.165) is 0 Å². The maximum Gasteiger partial charge on any atom is 0.338 e. The molecule has 0 spiro atoms. The van der Waals surface area contributed by atoms with Gasteiger partial charge in [0.25, 0.3) is 5.91 Å². The van der Waals surface area contributed by atoms with Crippen molar-refractivity contribution in [1.82, 2.24) is 9.88 Å². The van der Waals surface area contributed by atoms with Crippen LogP contribution in [0.1, 0.15) is 36.3 Å². The van der Waals surface area contributed by atoms with Gasteiger partial charge in [0, 0.05) is 18.0 Å². The molecule has 1 saturated heterocycles. The van der Waals surface area contributed by atoms with Gasteiger partial charge in [-0.25, -0.2) is 4.79 Å². The summed E-state index contributed by atoms with van der Waals surface area (Å²) in [5, 5.41) is 3.08. The number of anilines is 2. The highest BCUT2D eigenvalue weighted by Gasteiger charge is 2.44. The van der Waals surface area contributed by atoms with E-state index in [0.29, 0.717) is 35.0 Å². The number of carbonyl (C=O) groups excluding carboxylic acids is 3. The molecule has 0 radical (unpaired) electrons. The molecule has 0 saturated carbocycles. The van der Waals surface area contributed by atoms with E-state index in [1.807, 2.05) is 19.1 Å². The van der Waals surface area contributed by atoms with E-state index in [2.05, 4.69) is 10.3 Å². The van der Waals surface area contributed by atoms with Crippen LogP contribution in [0.2, 0.25) is 0 Å². The third-order valence-corrected chi connectivity index (χ3v) is 6.24. The SMILES string of the molecule is CCOC(=O)c1ccc(NC(=O)CC2C(=O)N(c3cccc(OCC)c3)C(=S)N2Cc2ccccn2)cc1. The minimum Gasteiger partial charge on any atom is -0.494 e. The first-order valence-corrected chi connectivity index (χ1v) is 12.7. The lowest BCUT2D eigenvalue weighted by Gasteiger charge is -2.23. The number of benzene rings is 2. The highest BCUT2D eigenvalue weighted by molar-refractivity contribution is 7.80. The molecule has 10 heteroatoms. The van der Waals surface area contributed by atoms with E-state index in [1.165, 1.54) is 4.90 Å². The highest BCUT2D eigenvalue weighted by Crippen LogP contribution is 2.30. The van der Waals surface area contributed by atoms with Crippen molar-refractivity contribution in [3.63, 3.8) is 0 Å². The van der Waals surface area contributed by atoms with Crippen molar-refractivity contribution in [1.29, 1.82) is 0 Å². The Morgan fingerprint density at radius 2 is 1.82 bits per heavy atom. The quantitative estimate of drug-likeness (QED) is 0.307. The fourth-order valence-electron chi connectivity index (χ4n) is 4.09. The monoisotopic (exact) mass is 532 g/mol. The summed E-state index contributed by atoms with van der Waals surface area (Å²) in [4.78, 5) is 46.1. The lowest BCUT2D eigenvalue weighted by Crippen LogP contribution is -2.37. The van der Waals surface area contributed by atoms with Crippen LogP contribution in [0.4, 0.5) is 11.4 Å². The molecular weight excluding hydrogens is 504 g/mol. The molecule has 38 heavy (non-hydrogen) atoms. The topological polar surface area (TPSA) is 101 Å². The van der Waals surface area contributed by atoms with E-state index in [9.17, 15) is 14.4 Å². The average molecular weight is 533 g/mol. The maximum absolute atomic E-state index is 13.7. The van der Waals surface area contributed by atoms with Crippen molar-refractivity contribution in [2.75, 3.05) is 23.4 Å². The Labute approximate surface area is 226 Å². The van der Waals surface area contributed by atoms with E-state index >= 15 is 0 Å². The number of pyridine rings is 1. The van der Waals surface area contributed by atoms with Gasteiger partial charge in [-0.3, -0.25) is 19.5 Å². The predicted octanol–water partition coefficient (Wildman–Crippen LogP) is 4.19. The number of carbonyl (C=O) groups is 3. The summed E-state index contributed by atoms with van der Waals surface area (Å²) in [6.07, 6.45) is 1.54. The van der Waals surface area contributed by atoms with Crippen molar-refractivity contribution in [3.05, 3.63) is 84.2 Å². The first-order valence-electron chi connectivity index (χ1n) is 12.3. The number of thiocarbonyl (C=S) groups is 1. The van der Waals surface area contributed by atoms with E-state index in [1.54, 1.807) is 72.6 Å². The summed E-state index contributed by atoms with van der Waals surface area (Å²) < 4.78 is 10.6. The predicted molar refractivity (Wildman–Crippen MR) is 147 cm³/mol. The van der Waals surface area contributed by atoms with Crippen LogP contribution in [-0.4, -0.2) is 52.0 Å². The van der Waals surface area contributed by atoms with Gasteiger partial charge >= 0.3 is 5.97 Å². The van der Waals surface area contributed by atoms with E-state index in [4.69, 9.17) is 21.7 Å². The van der Waals surface area contributed by atoms with Crippen molar-refractivity contribution >= 4 is 46.5 Å². The molecule has 1 aliphatic rings. The molecule has 1 N–H and O–H groups in total. The molecule has 1 unspecified atom stereocenters. The number of ether oxygens (including phenoxy) is 2. The zero-order chi connectivity index (χ0) is 27.1. The molecule has 2 heterocycles. The summed E-state index contributed by atoms with van der Waals surface area (Å²) in [6.45, 7) is 4.63. The number of aromatic nitrogens is 1. The third kappa shape index (κ3) is 6.15. The Bertz CT molecular complexity index is 1320. The summed E-state index contributed by atoms with van der Waals surface area (Å²) in [6, 6.07) is 18.2.